The quantitative estimate of drug-likeness (QED) is 0.646. The van der Waals surface area contributed by atoms with Gasteiger partial charge < -0.3 is 15.5 Å². The van der Waals surface area contributed by atoms with Crippen molar-refractivity contribution < 1.29 is 14.4 Å². The van der Waals surface area contributed by atoms with Gasteiger partial charge in [0.2, 0.25) is 5.91 Å². The molecule has 0 aromatic heterocycles. The summed E-state index contributed by atoms with van der Waals surface area (Å²) in [6.07, 6.45) is 0. The van der Waals surface area contributed by atoms with E-state index in [9.17, 15) is 14.4 Å². The molecule has 2 aromatic carbocycles. The first-order chi connectivity index (χ1) is 14.6. The largest absolute Gasteiger partial charge is 0.353 e. The maximum absolute atomic E-state index is 13.0. The van der Waals surface area contributed by atoms with Gasteiger partial charge in [-0.3, -0.25) is 14.5 Å². The number of benzene rings is 2. The van der Waals surface area contributed by atoms with Crippen molar-refractivity contribution in [3.8, 4) is 0 Å². The lowest BCUT2D eigenvalue weighted by Gasteiger charge is -2.26. The highest BCUT2D eigenvalue weighted by atomic mass is 35.5. The first-order valence-electron chi connectivity index (χ1n) is 10.0. The molecule has 7 nitrogen and oxygen atoms in total. The first-order valence-corrected chi connectivity index (χ1v) is 10.4. The molecule has 0 radical (unpaired) electrons. The van der Waals surface area contributed by atoms with Gasteiger partial charge >= 0.3 is 6.03 Å². The van der Waals surface area contributed by atoms with Gasteiger partial charge in [-0.2, -0.15) is 0 Å². The van der Waals surface area contributed by atoms with Gasteiger partial charge in [0.05, 0.1) is 6.04 Å². The molecule has 1 aliphatic heterocycles. The Morgan fingerprint density at radius 2 is 1.81 bits per heavy atom. The highest BCUT2D eigenvalue weighted by Crippen LogP contribution is 2.29. The van der Waals surface area contributed by atoms with E-state index in [4.69, 9.17) is 11.6 Å². The lowest BCUT2D eigenvalue weighted by atomic mass is 9.91. The number of amides is 4. The van der Waals surface area contributed by atoms with Crippen LogP contribution in [-0.4, -0.2) is 54.8 Å². The van der Waals surface area contributed by atoms with Gasteiger partial charge in [0, 0.05) is 11.6 Å². The fraction of sp³-hybridized carbons (Fsp3) is 0.348. The minimum atomic E-state index is -1.20. The normalized spacial score (nSPS) is 19.5. The molecule has 0 aliphatic carbocycles. The van der Waals surface area contributed by atoms with Crippen LogP contribution in [0.25, 0.3) is 0 Å². The van der Waals surface area contributed by atoms with Crippen LogP contribution in [0.3, 0.4) is 0 Å². The van der Waals surface area contributed by atoms with Crippen LogP contribution >= 0.6 is 11.6 Å². The second-order valence-corrected chi connectivity index (χ2v) is 8.52. The molecule has 2 atom stereocenters. The summed E-state index contributed by atoms with van der Waals surface area (Å²) in [4.78, 5) is 41.0. The molecular formula is C23H27ClN4O3. The van der Waals surface area contributed by atoms with E-state index in [1.165, 1.54) is 0 Å². The topological polar surface area (TPSA) is 81.8 Å². The Bertz CT molecular complexity index is 993. The second kappa shape index (κ2) is 9.08. The Kier molecular flexibility index (Phi) is 6.67. The van der Waals surface area contributed by atoms with Gasteiger partial charge in [-0.1, -0.05) is 59.6 Å². The van der Waals surface area contributed by atoms with Crippen LogP contribution in [0, 0.1) is 6.92 Å². The maximum Gasteiger partial charge on any atom is 0.325 e. The smallest absolute Gasteiger partial charge is 0.325 e. The van der Waals surface area contributed by atoms with E-state index < -0.39 is 23.4 Å². The molecule has 1 fully saturated rings. The van der Waals surface area contributed by atoms with Crippen molar-refractivity contribution in [1.82, 2.24) is 20.4 Å². The number of nitrogens with one attached hydrogen (secondary N) is 2. The number of urea groups is 1. The highest BCUT2D eigenvalue weighted by Gasteiger charge is 2.49. The molecule has 0 bridgehead atoms. The van der Waals surface area contributed by atoms with Crippen molar-refractivity contribution in [3.63, 3.8) is 0 Å². The van der Waals surface area contributed by atoms with Crippen molar-refractivity contribution in [2.75, 3.05) is 27.2 Å². The number of carbonyl (C=O) groups excluding carboxylic acids is 3. The molecule has 4 amide bonds. The summed E-state index contributed by atoms with van der Waals surface area (Å²) >= 11 is 6.31. The number of hydrogen-bond donors (Lipinski definition) is 2. The third-order valence-corrected chi connectivity index (χ3v) is 5.93. The summed E-state index contributed by atoms with van der Waals surface area (Å²) in [6, 6.07) is 14.1. The Labute approximate surface area is 187 Å². The van der Waals surface area contributed by atoms with Gasteiger partial charge in [-0.05, 0) is 45.1 Å². The fourth-order valence-electron chi connectivity index (χ4n) is 3.65. The van der Waals surface area contributed by atoms with E-state index in [0.717, 1.165) is 16.0 Å². The molecule has 31 heavy (non-hydrogen) atoms. The summed E-state index contributed by atoms with van der Waals surface area (Å²) in [5, 5.41) is 6.15. The molecule has 2 N–H and O–H groups in total. The number of rotatable bonds is 7. The number of carbonyl (C=O) groups is 3. The van der Waals surface area contributed by atoms with Crippen LogP contribution in [0.1, 0.15) is 29.7 Å². The summed E-state index contributed by atoms with van der Waals surface area (Å²) in [6.45, 7) is 3.53. The first kappa shape index (κ1) is 22.8. The van der Waals surface area contributed by atoms with Crippen molar-refractivity contribution in [2.45, 2.75) is 25.4 Å². The van der Waals surface area contributed by atoms with Crippen LogP contribution in [0.15, 0.2) is 48.5 Å². The standard InChI is InChI=1S/C23H27ClN4O3/c1-15-9-11-16(12-10-15)23(2)21(30)28(22(31)26-23)14-20(29)25-13-19(27(3)4)17-7-5-6-8-18(17)24/h5-12,19H,13-14H2,1-4H3,(H,25,29)(H,26,31). The molecule has 1 saturated heterocycles. The molecule has 1 heterocycles. The van der Waals surface area contributed by atoms with Crippen molar-refractivity contribution in [1.29, 1.82) is 0 Å². The molecule has 2 aromatic rings. The van der Waals surface area contributed by atoms with Gasteiger partial charge in [-0.15, -0.1) is 0 Å². The monoisotopic (exact) mass is 442 g/mol. The van der Waals surface area contributed by atoms with E-state index in [-0.39, 0.29) is 19.1 Å². The minimum Gasteiger partial charge on any atom is -0.353 e. The summed E-state index contributed by atoms with van der Waals surface area (Å²) in [5.74, 6) is -0.873. The van der Waals surface area contributed by atoms with E-state index >= 15 is 0 Å². The minimum absolute atomic E-state index is 0.154. The van der Waals surface area contributed by atoms with E-state index in [1.54, 1.807) is 13.0 Å². The Morgan fingerprint density at radius 3 is 2.42 bits per heavy atom. The van der Waals surface area contributed by atoms with Crippen LogP contribution in [-0.2, 0) is 15.1 Å². The maximum atomic E-state index is 13.0. The van der Waals surface area contributed by atoms with Gasteiger partial charge in [0.25, 0.3) is 5.91 Å². The van der Waals surface area contributed by atoms with E-state index in [0.29, 0.717) is 10.6 Å². The number of nitrogens with zero attached hydrogens (tertiary/aromatic N) is 2. The number of likely N-dealkylation sites (N-methyl/N-ethyl adjacent to an activating group) is 1. The average Bonchev–Trinajstić information content (AvgIpc) is 2.93. The zero-order chi connectivity index (χ0) is 22.8. The summed E-state index contributed by atoms with van der Waals surface area (Å²) in [5.41, 5.74) is 1.41. The van der Waals surface area contributed by atoms with Gasteiger partial charge in [-0.25, -0.2) is 4.79 Å². The molecular weight excluding hydrogens is 416 g/mol. The molecule has 0 spiro atoms. The molecule has 8 heteroatoms. The molecule has 0 saturated carbocycles. The number of halogens is 1. The Hall–Kier alpha value is -2.90. The summed E-state index contributed by atoms with van der Waals surface area (Å²) in [7, 11) is 3.79. The predicted octanol–water partition coefficient (Wildman–Crippen LogP) is 2.83. The number of imide groups is 1. The highest BCUT2D eigenvalue weighted by molar-refractivity contribution is 6.31. The third kappa shape index (κ3) is 4.73. The zero-order valence-corrected chi connectivity index (χ0v) is 18.9. The Morgan fingerprint density at radius 1 is 1.16 bits per heavy atom. The van der Waals surface area contributed by atoms with Crippen molar-refractivity contribution >= 4 is 29.4 Å². The molecule has 3 rings (SSSR count). The summed E-state index contributed by atoms with van der Waals surface area (Å²) < 4.78 is 0. The van der Waals surface area contributed by atoms with Crippen LogP contribution in [0.4, 0.5) is 4.79 Å². The lowest BCUT2D eigenvalue weighted by Crippen LogP contribution is -2.44. The zero-order valence-electron chi connectivity index (χ0n) is 18.1. The predicted molar refractivity (Wildman–Crippen MR) is 120 cm³/mol. The third-order valence-electron chi connectivity index (χ3n) is 5.59. The average molecular weight is 443 g/mol. The van der Waals surface area contributed by atoms with Crippen molar-refractivity contribution in [2.24, 2.45) is 0 Å². The lowest BCUT2D eigenvalue weighted by molar-refractivity contribution is -0.134. The van der Waals surface area contributed by atoms with Crippen LogP contribution < -0.4 is 10.6 Å². The molecule has 1 aliphatic rings. The number of hydrogen-bond acceptors (Lipinski definition) is 4. The SMILES string of the molecule is Cc1ccc(C2(C)NC(=O)N(CC(=O)NCC(c3ccccc3Cl)N(C)C)C2=O)cc1. The van der Waals surface area contributed by atoms with E-state index in [2.05, 4.69) is 10.6 Å². The second-order valence-electron chi connectivity index (χ2n) is 8.12. The van der Waals surface area contributed by atoms with Gasteiger partial charge in [0.15, 0.2) is 0 Å². The fourth-order valence-corrected chi connectivity index (χ4v) is 3.91. The van der Waals surface area contributed by atoms with Gasteiger partial charge in [0.1, 0.15) is 12.1 Å². The van der Waals surface area contributed by atoms with E-state index in [1.807, 2.05) is 68.4 Å². The molecule has 2 unspecified atom stereocenters. The van der Waals surface area contributed by atoms with Crippen molar-refractivity contribution in [3.05, 3.63) is 70.2 Å². The number of aryl methyl sites for hydroxylation is 1. The molecule has 164 valence electrons. The van der Waals surface area contributed by atoms with Crippen LogP contribution in [0.2, 0.25) is 5.02 Å². The Balaban J connectivity index is 1.67. The van der Waals surface area contributed by atoms with Crippen LogP contribution in [0.5, 0.6) is 0 Å².